The number of ether oxygens (including phenoxy) is 1. The summed E-state index contributed by atoms with van der Waals surface area (Å²) >= 11 is 3.29. The van der Waals surface area contributed by atoms with Crippen LogP contribution in [0.4, 0.5) is 0 Å². The molecule has 1 rings (SSSR count). The highest BCUT2D eigenvalue weighted by molar-refractivity contribution is 9.10. The fourth-order valence-electron chi connectivity index (χ4n) is 0.920. The van der Waals surface area contributed by atoms with E-state index < -0.39 is 5.97 Å². The number of carboxylic acid groups (broad SMARTS) is 1. The molecule has 0 bridgehead atoms. The standard InChI is InChI=1S/C10H9BrO3/c1-7(5-10(12)13)14-9-4-2-3-8(11)6-9/h2-6H,1H3,(H,12,13)/b7-5+. The fourth-order valence-corrected chi connectivity index (χ4v) is 1.30. The summed E-state index contributed by atoms with van der Waals surface area (Å²) in [4.78, 5) is 10.3. The normalized spacial score (nSPS) is 11.1. The van der Waals surface area contributed by atoms with Crippen molar-refractivity contribution < 1.29 is 14.6 Å². The zero-order chi connectivity index (χ0) is 10.6. The number of aliphatic carboxylic acids is 1. The summed E-state index contributed by atoms with van der Waals surface area (Å²) in [5, 5.41) is 8.45. The second kappa shape index (κ2) is 4.81. The fraction of sp³-hybridized carbons (Fsp3) is 0.100. The summed E-state index contributed by atoms with van der Waals surface area (Å²) in [5.41, 5.74) is 0. The highest BCUT2D eigenvalue weighted by Crippen LogP contribution is 2.19. The molecule has 1 N–H and O–H groups in total. The number of allylic oxidation sites excluding steroid dienone is 1. The van der Waals surface area contributed by atoms with E-state index in [2.05, 4.69) is 15.9 Å². The Kier molecular flexibility index (Phi) is 3.71. The molecule has 1 aromatic carbocycles. The van der Waals surface area contributed by atoms with Crippen LogP contribution in [0.25, 0.3) is 0 Å². The van der Waals surface area contributed by atoms with E-state index >= 15 is 0 Å². The molecule has 0 aliphatic carbocycles. The Morgan fingerprint density at radius 1 is 1.57 bits per heavy atom. The van der Waals surface area contributed by atoms with Crippen LogP contribution in [-0.2, 0) is 4.79 Å². The quantitative estimate of drug-likeness (QED) is 0.669. The van der Waals surface area contributed by atoms with Gasteiger partial charge in [0.05, 0.1) is 6.08 Å². The Balaban J connectivity index is 2.74. The summed E-state index contributed by atoms with van der Waals surface area (Å²) in [6.45, 7) is 1.59. The molecule has 0 aliphatic rings. The number of carbonyl (C=O) groups is 1. The Hall–Kier alpha value is -1.29. The van der Waals surface area contributed by atoms with Gasteiger partial charge in [-0.25, -0.2) is 4.79 Å². The largest absolute Gasteiger partial charge is 0.478 e. The number of rotatable bonds is 3. The molecular formula is C10H9BrO3. The van der Waals surface area contributed by atoms with Gasteiger partial charge in [-0.2, -0.15) is 0 Å². The van der Waals surface area contributed by atoms with Crippen LogP contribution in [0.15, 0.2) is 40.6 Å². The van der Waals surface area contributed by atoms with E-state index in [1.165, 1.54) is 0 Å². The number of benzene rings is 1. The molecule has 14 heavy (non-hydrogen) atoms. The van der Waals surface area contributed by atoms with E-state index in [0.717, 1.165) is 10.5 Å². The van der Waals surface area contributed by atoms with Crippen LogP contribution in [0.3, 0.4) is 0 Å². The van der Waals surface area contributed by atoms with Gasteiger partial charge in [0.15, 0.2) is 0 Å². The van der Waals surface area contributed by atoms with Gasteiger partial charge in [-0.3, -0.25) is 0 Å². The second-order valence-electron chi connectivity index (χ2n) is 2.65. The lowest BCUT2D eigenvalue weighted by molar-refractivity contribution is -0.131. The van der Waals surface area contributed by atoms with E-state index in [1.807, 2.05) is 12.1 Å². The molecule has 4 heteroatoms. The van der Waals surface area contributed by atoms with Gasteiger partial charge in [0.2, 0.25) is 0 Å². The van der Waals surface area contributed by atoms with Crippen molar-refractivity contribution in [3.8, 4) is 5.75 Å². The van der Waals surface area contributed by atoms with E-state index in [-0.39, 0.29) is 0 Å². The van der Waals surface area contributed by atoms with Gasteiger partial charge in [-0.05, 0) is 25.1 Å². The van der Waals surface area contributed by atoms with Crippen molar-refractivity contribution in [1.82, 2.24) is 0 Å². The molecule has 0 saturated heterocycles. The Bertz CT molecular complexity index is 371. The van der Waals surface area contributed by atoms with Gasteiger partial charge < -0.3 is 9.84 Å². The van der Waals surface area contributed by atoms with Crippen LogP contribution in [-0.4, -0.2) is 11.1 Å². The lowest BCUT2D eigenvalue weighted by atomic mass is 10.3. The van der Waals surface area contributed by atoms with Crippen LogP contribution >= 0.6 is 15.9 Å². The molecule has 0 spiro atoms. The lowest BCUT2D eigenvalue weighted by Crippen LogP contribution is -1.96. The maximum atomic E-state index is 10.3. The first-order chi connectivity index (χ1) is 6.58. The van der Waals surface area contributed by atoms with Gasteiger partial charge in [0, 0.05) is 4.47 Å². The molecule has 0 unspecified atom stereocenters. The molecule has 0 fully saturated rings. The molecule has 3 nitrogen and oxygen atoms in total. The predicted molar refractivity (Wildman–Crippen MR) is 56.2 cm³/mol. The minimum absolute atomic E-state index is 0.343. The summed E-state index contributed by atoms with van der Waals surface area (Å²) in [5.74, 6) is -0.0672. The molecule has 0 radical (unpaired) electrons. The zero-order valence-corrected chi connectivity index (χ0v) is 9.11. The van der Waals surface area contributed by atoms with Crippen LogP contribution < -0.4 is 4.74 Å². The third-order valence-electron chi connectivity index (χ3n) is 1.40. The van der Waals surface area contributed by atoms with Crippen molar-refractivity contribution in [2.75, 3.05) is 0 Å². The molecular weight excluding hydrogens is 248 g/mol. The number of halogens is 1. The molecule has 0 aliphatic heterocycles. The Labute approximate surface area is 90.1 Å². The van der Waals surface area contributed by atoms with E-state index in [9.17, 15) is 4.79 Å². The number of carboxylic acids is 1. The monoisotopic (exact) mass is 256 g/mol. The summed E-state index contributed by atoms with van der Waals surface area (Å²) < 4.78 is 6.14. The van der Waals surface area contributed by atoms with Crippen molar-refractivity contribution in [2.24, 2.45) is 0 Å². The van der Waals surface area contributed by atoms with Crippen molar-refractivity contribution in [3.63, 3.8) is 0 Å². The topological polar surface area (TPSA) is 46.5 Å². The third kappa shape index (κ3) is 3.62. The zero-order valence-electron chi connectivity index (χ0n) is 7.53. The molecule has 0 heterocycles. The SMILES string of the molecule is C/C(=C\C(=O)O)Oc1cccc(Br)c1. The summed E-state index contributed by atoms with van der Waals surface area (Å²) in [6.07, 6.45) is 1.01. The number of hydrogen-bond donors (Lipinski definition) is 1. The molecule has 74 valence electrons. The lowest BCUT2D eigenvalue weighted by Gasteiger charge is -2.04. The summed E-state index contributed by atoms with van der Waals surface area (Å²) in [6, 6.07) is 7.19. The highest BCUT2D eigenvalue weighted by atomic mass is 79.9. The van der Waals surface area contributed by atoms with Crippen LogP contribution in [0.5, 0.6) is 5.75 Å². The van der Waals surface area contributed by atoms with E-state index in [4.69, 9.17) is 9.84 Å². The minimum atomic E-state index is -1.02. The average Bonchev–Trinajstić information content (AvgIpc) is 2.01. The van der Waals surface area contributed by atoms with Crippen LogP contribution in [0, 0.1) is 0 Å². The molecule has 1 aromatic rings. The van der Waals surface area contributed by atoms with Gasteiger partial charge >= 0.3 is 5.97 Å². The van der Waals surface area contributed by atoms with Gasteiger partial charge in [0.25, 0.3) is 0 Å². The molecule has 0 atom stereocenters. The number of hydrogen-bond acceptors (Lipinski definition) is 2. The summed E-state index contributed by atoms with van der Waals surface area (Å²) in [7, 11) is 0. The van der Waals surface area contributed by atoms with Crippen LogP contribution in [0.1, 0.15) is 6.92 Å². The maximum absolute atomic E-state index is 10.3. The van der Waals surface area contributed by atoms with Crippen molar-refractivity contribution >= 4 is 21.9 Å². The van der Waals surface area contributed by atoms with Gasteiger partial charge in [-0.15, -0.1) is 0 Å². The first-order valence-electron chi connectivity index (χ1n) is 3.92. The minimum Gasteiger partial charge on any atom is -0.478 e. The van der Waals surface area contributed by atoms with Crippen molar-refractivity contribution in [3.05, 3.63) is 40.6 Å². The molecule has 0 aromatic heterocycles. The molecule has 0 saturated carbocycles. The molecule has 0 amide bonds. The first kappa shape index (κ1) is 10.8. The second-order valence-corrected chi connectivity index (χ2v) is 3.57. The van der Waals surface area contributed by atoms with Crippen molar-refractivity contribution in [2.45, 2.75) is 6.92 Å². The maximum Gasteiger partial charge on any atom is 0.331 e. The Morgan fingerprint density at radius 2 is 2.29 bits per heavy atom. The van der Waals surface area contributed by atoms with E-state index in [0.29, 0.717) is 11.5 Å². The average molecular weight is 257 g/mol. The predicted octanol–water partition coefficient (Wildman–Crippen LogP) is 2.82. The van der Waals surface area contributed by atoms with Gasteiger partial charge in [0.1, 0.15) is 11.5 Å². The third-order valence-corrected chi connectivity index (χ3v) is 1.89. The highest BCUT2D eigenvalue weighted by Gasteiger charge is 1.98. The first-order valence-corrected chi connectivity index (χ1v) is 4.72. The van der Waals surface area contributed by atoms with Gasteiger partial charge in [-0.1, -0.05) is 22.0 Å². The Morgan fingerprint density at radius 3 is 2.86 bits per heavy atom. The van der Waals surface area contributed by atoms with Crippen molar-refractivity contribution in [1.29, 1.82) is 0 Å². The smallest absolute Gasteiger partial charge is 0.331 e. The van der Waals surface area contributed by atoms with Crippen LogP contribution in [0.2, 0.25) is 0 Å². The van der Waals surface area contributed by atoms with E-state index in [1.54, 1.807) is 19.1 Å².